The summed E-state index contributed by atoms with van der Waals surface area (Å²) < 4.78 is 0. The van der Waals surface area contributed by atoms with E-state index in [-0.39, 0.29) is 26.2 Å². The van der Waals surface area contributed by atoms with Gasteiger partial charge in [0.15, 0.2) is 0 Å². The molecule has 0 aliphatic heterocycles. The van der Waals surface area contributed by atoms with E-state index in [1.54, 1.807) is 6.08 Å². The van der Waals surface area contributed by atoms with Crippen LogP contribution in [0.3, 0.4) is 0 Å². The summed E-state index contributed by atoms with van der Waals surface area (Å²) >= 11 is 0. The maximum atomic E-state index is 3.46. The zero-order valence-corrected chi connectivity index (χ0v) is 23.1. The second-order valence-corrected chi connectivity index (χ2v) is 9.10. The first-order chi connectivity index (χ1) is 15.6. The van der Waals surface area contributed by atoms with Gasteiger partial charge in [-0.25, -0.2) is 0 Å². The fourth-order valence-electron chi connectivity index (χ4n) is 3.53. The summed E-state index contributed by atoms with van der Waals surface area (Å²) in [6, 6.07) is 34.6. The van der Waals surface area contributed by atoms with E-state index in [0.717, 1.165) is 8.58 Å². The second kappa shape index (κ2) is 14.0. The second-order valence-electron chi connectivity index (χ2n) is 7.74. The number of benzene rings is 3. The molecule has 0 N–H and O–H groups in total. The molecule has 0 saturated carbocycles. The third-order valence-corrected chi connectivity index (χ3v) is 6.54. The molecule has 0 saturated heterocycles. The molecule has 0 fully saturated rings. The first-order valence-electron chi connectivity index (χ1n) is 10.9. The molecule has 0 aliphatic rings. The Morgan fingerprint density at radius 2 is 1.33 bits per heavy atom. The molecule has 33 heavy (non-hydrogen) atoms. The Balaban J connectivity index is 0.000000205. The summed E-state index contributed by atoms with van der Waals surface area (Å²) in [5.41, 5.74) is 2.73. The molecule has 2 heteroatoms. The van der Waals surface area contributed by atoms with E-state index in [1.165, 1.54) is 43.3 Å². The molecule has 0 bridgehead atoms. The minimum absolute atomic E-state index is 0. The quantitative estimate of drug-likeness (QED) is 0.127. The minimum atomic E-state index is 0. The Bertz CT molecular complexity index is 1240. The van der Waals surface area contributed by atoms with Gasteiger partial charge in [0.2, 0.25) is 0 Å². The molecule has 0 nitrogen and oxygen atoms in total. The van der Waals surface area contributed by atoms with E-state index in [0.29, 0.717) is 0 Å². The molecule has 0 aromatic heterocycles. The van der Waals surface area contributed by atoms with Crippen LogP contribution < -0.4 is 10.6 Å². The number of fused-ring (bicyclic) bond motifs is 2. The van der Waals surface area contributed by atoms with Gasteiger partial charge < -0.3 is 0 Å². The molecule has 1 unspecified atom stereocenters. The van der Waals surface area contributed by atoms with Crippen LogP contribution in [0.5, 0.6) is 0 Å². The minimum Gasteiger partial charge on any atom is -0.165 e. The molecule has 1 atom stereocenters. The standard InChI is InChI=1S/C16H14P.C10H9.C5H8.Zr/c1-12-6-2-5-9-16(12)17-15-10-13-7-3-4-8-14(13)11-15;1-8-6-9-4-2-3-5-10(9)7-8;1-3-5-4-2;/h2-11,17H,1H3;2-7H,1H3;3-5H,1H2,2H3;/q2*-1;;+2. The molecule has 0 radical (unpaired) electrons. The van der Waals surface area contributed by atoms with Gasteiger partial charge in [-0.3, -0.25) is 0 Å². The van der Waals surface area contributed by atoms with Gasteiger partial charge in [-0.15, -0.1) is 80.9 Å². The molecule has 0 heterocycles. The molecular formula is C31H31PZr. The van der Waals surface area contributed by atoms with E-state index < -0.39 is 0 Å². The van der Waals surface area contributed by atoms with E-state index >= 15 is 0 Å². The van der Waals surface area contributed by atoms with Gasteiger partial charge in [0.05, 0.1) is 0 Å². The van der Waals surface area contributed by atoms with E-state index in [9.17, 15) is 0 Å². The molecule has 5 rings (SSSR count). The zero-order valence-electron chi connectivity index (χ0n) is 19.7. The van der Waals surface area contributed by atoms with Crippen molar-refractivity contribution in [3.05, 3.63) is 133 Å². The van der Waals surface area contributed by atoms with Crippen molar-refractivity contribution in [1.82, 2.24) is 0 Å². The van der Waals surface area contributed by atoms with E-state index in [4.69, 9.17) is 0 Å². The molecule has 0 amide bonds. The van der Waals surface area contributed by atoms with Crippen molar-refractivity contribution in [1.29, 1.82) is 0 Å². The van der Waals surface area contributed by atoms with Crippen LogP contribution in [-0.4, -0.2) is 0 Å². The van der Waals surface area contributed by atoms with Gasteiger partial charge in [-0.1, -0.05) is 76.7 Å². The Kier molecular flexibility index (Phi) is 11.5. The first kappa shape index (κ1) is 26.9. The monoisotopic (exact) mass is 524 g/mol. The van der Waals surface area contributed by atoms with Crippen molar-refractivity contribution in [2.45, 2.75) is 20.8 Å². The van der Waals surface area contributed by atoms with Crippen LogP contribution in [0.1, 0.15) is 18.1 Å². The van der Waals surface area contributed by atoms with Gasteiger partial charge in [0.25, 0.3) is 0 Å². The number of hydrogen-bond donors (Lipinski definition) is 0. The summed E-state index contributed by atoms with van der Waals surface area (Å²) in [6.07, 6.45) is 5.58. The summed E-state index contributed by atoms with van der Waals surface area (Å²) in [5.74, 6) is 0. The van der Waals surface area contributed by atoms with Crippen LogP contribution in [0, 0.1) is 13.8 Å². The van der Waals surface area contributed by atoms with Crippen molar-refractivity contribution < 1.29 is 26.2 Å². The molecule has 0 aliphatic carbocycles. The fraction of sp³-hybridized carbons (Fsp3) is 0.0968. The normalized spacial score (nSPS) is 10.5. The third kappa shape index (κ3) is 8.19. The third-order valence-electron chi connectivity index (χ3n) is 5.13. The Labute approximate surface area is 219 Å². The smallest absolute Gasteiger partial charge is 0.165 e. The van der Waals surface area contributed by atoms with E-state index in [2.05, 4.69) is 117 Å². The number of aryl methyl sites for hydroxylation is 2. The maximum absolute atomic E-state index is 3.46. The summed E-state index contributed by atoms with van der Waals surface area (Å²) in [4.78, 5) is 0. The maximum Gasteiger partial charge on any atom is 2.00 e. The predicted molar refractivity (Wildman–Crippen MR) is 148 cm³/mol. The molecular weight excluding hydrogens is 495 g/mol. The SMILES string of the molecule is C=CC=CC.Cc1cc2ccccc2[cH-]1.Cc1ccccc1Pc1cc2ccccc2[cH-]1.[Zr+2]. The van der Waals surface area contributed by atoms with Crippen molar-refractivity contribution in [2.75, 3.05) is 0 Å². The van der Waals surface area contributed by atoms with Crippen molar-refractivity contribution in [3.63, 3.8) is 0 Å². The largest absolute Gasteiger partial charge is 2.00 e. The first-order valence-corrected chi connectivity index (χ1v) is 11.9. The number of rotatable bonds is 3. The Hall–Kier alpha value is -2.33. The van der Waals surface area contributed by atoms with Crippen molar-refractivity contribution >= 4 is 40.7 Å². The van der Waals surface area contributed by atoms with E-state index in [1.807, 2.05) is 19.1 Å². The predicted octanol–water partition coefficient (Wildman–Crippen LogP) is 8.11. The van der Waals surface area contributed by atoms with Gasteiger partial charge >= 0.3 is 26.2 Å². The van der Waals surface area contributed by atoms with Gasteiger partial charge in [0.1, 0.15) is 0 Å². The van der Waals surface area contributed by atoms with Crippen LogP contribution in [-0.2, 0) is 26.2 Å². The van der Waals surface area contributed by atoms with Crippen molar-refractivity contribution in [3.8, 4) is 0 Å². The summed E-state index contributed by atoms with van der Waals surface area (Å²) in [7, 11) is 0.759. The average Bonchev–Trinajstić information content (AvgIpc) is 3.38. The van der Waals surface area contributed by atoms with Crippen LogP contribution in [0.25, 0.3) is 21.5 Å². The number of hydrogen-bond acceptors (Lipinski definition) is 0. The van der Waals surface area contributed by atoms with Crippen LogP contribution in [0.4, 0.5) is 0 Å². The Morgan fingerprint density at radius 3 is 1.88 bits per heavy atom. The topological polar surface area (TPSA) is 0 Å². The molecule has 5 aromatic carbocycles. The molecule has 5 aromatic rings. The fourth-order valence-corrected chi connectivity index (χ4v) is 4.76. The molecule has 0 spiro atoms. The van der Waals surface area contributed by atoms with Crippen molar-refractivity contribution in [2.24, 2.45) is 0 Å². The average molecular weight is 526 g/mol. The Morgan fingerprint density at radius 1 is 0.758 bits per heavy atom. The van der Waals surface area contributed by atoms with Crippen LogP contribution >= 0.6 is 8.58 Å². The zero-order chi connectivity index (χ0) is 22.8. The van der Waals surface area contributed by atoms with Crippen LogP contribution in [0.15, 0.2) is 122 Å². The number of allylic oxidation sites excluding steroid dienone is 3. The van der Waals surface area contributed by atoms with Crippen LogP contribution in [0.2, 0.25) is 0 Å². The molecule has 164 valence electrons. The summed E-state index contributed by atoms with van der Waals surface area (Å²) in [5, 5.41) is 8.27. The van der Waals surface area contributed by atoms with Gasteiger partial charge in [-0.05, 0) is 24.7 Å². The van der Waals surface area contributed by atoms with Gasteiger partial charge in [-0.2, -0.15) is 12.1 Å². The van der Waals surface area contributed by atoms with Gasteiger partial charge in [0, 0.05) is 0 Å². The summed E-state index contributed by atoms with van der Waals surface area (Å²) in [6.45, 7) is 9.73.